The summed E-state index contributed by atoms with van der Waals surface area (Å²) in [5.74, 6) is -1.06. The molecule has 0 unspecified atom stereocenters. The van der Waals surface area contributed by atoms with Crippen LogP contribution >= 0.6 is 11.8 Å². The van der Waals surface area contributed by atoms with Crippen molar-refractivity contribution in [1.82, 2.24) is 4.57 Å². The van der Waals surface area contributed by atoms with Gasteiger partial charge in [0.05, 0.1) is 5.75 Å². The van der Waals surface area contributed by atoms with Crippen LogP contribution in [0.25, 0.3) is 0 Å². The number of hydrogen-bond acceptors (Lipinski definition) is 2. The lowest BCUT2D eigenvalue weighted by Crippen LogP contribution is -2.06. The van der Waals surface area contributed by atoms with E-state index in [9.17, 15) is 13.6 Å². The molecule has 1 aliphatic carbocycles. The Balaban J connectivity index is 1.64. The third-order valence-corrected chi connectivity index (χ3v) is 5.20. The molecule has 1 heterocycles. The minimum atomic E-state index is -0.845. The molecule has 0 amide bonds. The summed E-state index contributed by atoms with van der Waals surface area (Å²) in [6, 6.07) is 6.63. The van der Waals surface area contributed by atoms with E-state index >= 15 is 0 Å². The van der Waals surface area contributed by atoms with E-state index in [4.69, 9.17) is 0 Å². The van der Waals surface area contributed by atoms with Crippen molar-refractivity contribution in [1.29, 1.82) is 0 Å². The monoisotopic (exact) mass is 335 g/mol. The fraction of sp³-hybridized carbons (Fsp3) is 0.389. The predicted octanol–water partition coefficient (Wildman–Crippen LogP) is 4.83. The van der Waals surface area contributed by atoms with Crippen LogP contribution in [0.15, 0.2) is 24.3 Å². The molecule has 1 aliphatic rings. The maximum Gasteiger partial charge on any atom is 0.174 e. The zero-order valence-corrected chi connectivity index (χ0v) is 14.1. The highest BCUT2D eigenvalue weighted by atomic mass is 32.2. The summed E-state index contributed by atoms with van der Waals surface area (Å²) in [4.78, 5) is 12.4. The standard InChI is InChI=1S/C18H19F2NOS/c1-11-8-15(12(2)21(11)14-6-7-14)17(22)10-23-9-13-4-3-5-16(19)18(13)20/h3-5,8,14H,6-7,9-10H2,1-2H3. The number of aromatic nitrogens is 1. The van der Waals surface area contributed by atoms with Crippen molar-refractivity contribution in [3.05, 3.63) is 58.4 Å². The van der Waals surface area contributed by atoms with E-state index in [2.05, 4.69) is 4.57 Å². The third kappa shape index (κ3) is 3.34. The van der Waals surface area contributed by atoms with Gasteiger partial charge in [0.2, 0.25) is 0 Å². The van der Waals surface area contributed by atoms with E-state index in [-0.39, 0.29) is 17.3 Å². The van der Waals surface area contributed by atoms with Crippen molar-refractivity contribution < 1.29 is 13.6 Å². The van der Waals surface area contributed by atoms with Gasteiger partial charge in [-0.1, -0.05) is 12.1 Å². The van der Waals surface area contributed by atoms with E-state index in [1.165, 1.54) is 30.7 Å². The smallest absolute Gasteiger partial charge is 0.174 e. The van der Waals surface area contributed by atoms with Gasteiger partial charge in [-0.05, 0) is 38.8 Å². The van der Waals surface area contributed by atoms with Crippen molar-refractivity contribution in [2.75, 3.05) is 5.75 Å². The molecule has 122 valence electrons. The Labute approximate surface area is 138 Å². The molecule has 1 aromatic heterocycles. The summed E-state index contributed by atoms with van der Waals surface area (Å²) in [5.41, 5.74) is 3.19. The van der Waals surface area contributed by atoms with Crippen LogP contribution in [0.2, 0.25) is 0 Å². The largest absolute Gasteiger partial charge is 0.345 e. The van der Waals surface area contributed by atoms with Crippen LogP contribution in [0.5, 0.6) is 0 Å². The summed E-state index contributed by atoms with van der Waals surface area (Å²) >= 11 is 1.31. The second-order valence-corrected chi connectivity index (χ2v) is 7.00. The average Bonchev–Trinajstić information content (AvgIpc) is 3.29. The number of nitrogens with zero attached hydrogens (tertiary/aromatic N) is 1. The molecule has 23 heavy (non-hydrogen) atoms. The van der Waals surface area contributed by atoms with Crippen LogP contribution < -0.4 is 0 Å². The molecule has 3 rings (SSSR count). The van der Waals surface area contributed by atoms with E-state index in [0.717, 1.165) is 23.0 Å². The number of ketones is 1. The first-order chi connectivity index (χ1) is 11.0. The number of halogens is 2. The minimum absolute atomic E-state index is 0.0480. The number of hydrogen-bond donors (Lipinski definition) is 0. The lowest BCUT2D eigenvalue weighted by Gasteiger charge is -2.07. The van der Waals surface area contributed by atoms with E-state index in [1.807, 2.05) is 19.9 Å². The van der Waals surface area contributed by atoms with Crippen LogP contribution in [0.4, 0.5) is 8.78 Å². The Morgan fingerprint density at radius 3 is 2.74 bits per heavy atom. The SMILES string of the molecule is Cc1cc(C(=O)CSCc2cccc(F)c2F)c(C)n1C1CC1. The topological polar surface area (TPSA) is 22.0 Å². The Kier molecular flexibility index (Phi) is 4.57. The number of thioether (sulfide) groups is 1. The molecule has 0 bridgehead atoms. The summed E-state index contributed by atoms with van der Waals surface area (Å²) in [6.07, 6.45) is 2.36. The van der Waals surface area contributed by atoms with Gasteiger partial charge in [-0.2, -0.15) is 0 Å². The molecule has 1 aromatic carbocycles. The second kappa shape index (κ2) is 6.48. The minimum Gasteiger partial charge on any atom is -0.345 e. The third-order valence-electron chi connectivity index (χ3n) is 4.22. The highest BCUT2D eigenvalue weighted by molar-refractivity contribution is 7.99. The molecule has 5 heteroatoms. The second-order valence-electron chi connectivity index (χ2n) is 6.01. The lowest BCUT2D eigenvalue weighted by atomic mass is 10.2. The van der Waals surface area contributed by atoms with Gasteiger partial charge in [0.1, 0.15) is 0 Å². The van der Waals surface area contributed by atoms with Crippen LogP contribution in [-0.4, -0.2) is 16.1 Å². The first kappa shape index (κ1) is 16.2. The van der Waals surface area contributed by atoms with Crippen molar-refractivity contribution in [3.8, 4) is 0 Å². The summed E-state index contributed by atoms with van der Waals surface area (Å²) in [6.45, 7) is 4.01. The van der Waals surface area contributed by atoms with Crippen LogP contribution in [0, 0.1) is 25.5 Å². The van der Waals surface area contributed by atoms with E-state index in [1.54, 1.807) is 6.07 Å². The number of carbonyl (C=O) groups is 1. The van der Waals surface area contributed by atoms with Gasteiger partial charge in [0, 0.05) is 34.3 Å². The molecule has 0 atom stereocenters. The molecule has 1 fully saturated rings. The van der Waals surface area contributed by atoms with Crippen LogP contribution in [0.3, 0.4) is 0 Å². The van der Waals surface area contributed by atoms with Crippen molar-refractivity contribution in [2.45, 2.75) is 38.5 Å². The van der Waals surface area contributed by atoms with Gasteiger partial charge in [0.25, 0.3) is 0 Å². The summed E-state index contributed by atoms with van der Waals surface area (Å²) < 4.78 is 29.0. The predicted molar refractivity (Wildman–Crippen MR) is 89.0 cm³/mol. The maximum absolute atomic E-state index is 13.6. The quantitative estimate of drug-likeness (QED) is 0.705. The molecular formula is C18H19F2NOS. The van der Waals surface area contributed by atoms with Gasteiger partial charge in [-0.15, -0.1) is 11.8 Å². The summed E-state index contributed by atoms with van der Waals surface area (Å²) in [7, 11) is 0. The maximum atomic E-state index is 13.6. The number of aryl methyl sites for hydroxylation is 1. The van der Waals surface area contributed by atoms with Gasteiger partial charge in [-0.25, -0.2) is 8.78 Å². The van der Waals surface area contributed by atoms with E-state index in [0.29, 0.717) is 11.6 Å². The van der Waals surface area contributed by atoms with Crippen molar-refractivity contribution >= 4 is 17.5 Å². The van der Waals surface area contributed by atoms with Gasteiger partial charge >= 0.3 is 0 Å². The Hall–Kier alpha value is -1.62. The molecule has 0 aliphatic heterocycles. The van der Waals surface area contributed by atoms with Gasteiger partial charge < -0.3 is 4.57 Å². The highest BCUT2D eigenvalue weighted by Crippen LogP contribution is 2.38. The lowest BCUT2D eigenvalue weighted by molar-refractivity contribution is 0.102. The Bertz CT molecular complexity index is 750. The van der Waals surface area contributed by atoms with Crippen LogP contribution in [0.1, 0.15) is 46.2 Å². The first-order valence-corrected chi connectivity index (χ1v) is 8.86. The molecule has 1 saturated carbocycles. The fourth-order valence-electron chi connectivity index (χ4n) is 2.95. The first-order valence-electron chi connectivity index (χ1n) is 7.71. The zero-order valence-electron chi connectivity index (χ0n) is 13.2. The molecular weight excluding hydrogens is 316 g/mol. The molecule has 0 saturated heterocycles. The molecule has 2 nitrogen and oxygen atoms in total. The Morgan fingerprint density at radius 1 is 1.30 bits per heavy atom. The normalized spacial score (nSPS) is 14.3. The molecule has 0 spiro atoms. The molecule has 2 aromatic rings. The van der Waals surface area contributed by atoms with Crippen LogP contribution in [-0.2, 0) is 5.75 Å². The fourth-order valence-corrected chi connectivity index (χ4v) is 3.83. The summed E-state index contributed by atoms with van der Waals surface area (Å²) in [5, 5.41) is 0. The zero-order chi connectivity index (χ0) is 16.6. The van der Waals surface area contributed by atoms with Crippen molar-refractivity contribution in [2.24, 2.45) is 0 Å². The highest BCUT2D eigenvalue weighted by Gasteiger charge is 2.28. The van der Waals surface area contributed by atoms with E-state index < -0.39 is 11.6 Å². The average molecular weight is 335 g/mol. The number of Topliss-reactive ketones (excluding diaryl/α,β-unsaturated/α-hetero) is 1. The van der Waals surface area contributed by atoms with Gasteiger partial charge in [-0.3, -0.25) is 4.79 Å². The Morgan fingerprint density at radius 2 is 2.04 bits per heavy atom. The molecule has 0 radical (unpaired) electrons. The molecule has 0 N–H and O–H groups in total. The van der Waals surface area contributed by atoms with Gasteiger partial charge in [0.15, 0.2) is 17.4 Å². The number of rotatable bonds is 6. The van der Waals surface area contributed by atoms with Crippen molar-refractivity contribution in [3.63, 3.8) is 0 Å². The number of benzene rings is 1. The number of carbonyl (C=O) groups excluding carboxylic acids is 1.